The van der Waals surface area contributed by atoms with Crippen molar-refractivity contribution in [3.8, 4) is 0 Å². The summed E-state index contributed by atoms with van der Waals surface area (Å²) in [7, 11) is 0. The quantitative estimate of drug-likeness (QED) is 0.640. The van der Waals surface area contributed by atoms with Crippen LogP contribution in [0.1, 0.15) is 31.2 Å². The fourth-order valence-corrected chi connectivity index (χ4v) is 3.01. The van der Waals surface area contributed by atoms with Gasteiger partial charge in [-0.05, 0) is 30.3 Å². The van der Waals surface area contributed by atoms with E-state index in [9.17, 15) is 8.76 Å². The number of pyridine rings is 1. The lowest BCUT2D eigenvalue weighted by atomic mass is 10.2. The second-order valence-corrected chi connectivity index (χ2v) is 5.97. The van der Waals surface area contributed by atoms with Gasteiger partial charge in [0.1, 0.15) is 5.15 Å². The maximum atomic E-state index is 10.9. The van der Waals surface area contributed by atoms with Gasteiger partial charge in [-0.1, -0.05) is 11.6 Å². The molecule has 1 aliphatic rings. The predicted octanol–water partition coefficient (Wildman–Crippen LogP) is 2.16. The van der Waals surface area contributed by atoms with Crippen molar-refractivity contribution in [3.05, 3.63) is 23.1 Å². The number of ether oxygens (including phenoxy) is 1. The average molecular weight is 315 g/mol. The van der Waals surface area contributed by atoms with E-state index in [1.165, 1.54) is 0 Å². The van der Waals surface area contributed by atoms with Crippen molar-refractivity contribution in [2.24, 2.45) is 0 Å². The molecule has 2 atom stereocenters. The molecule has 0 aliphatic carbocycles. The van der Waals surface area contributed by atoms with Crippen LogP contribution in [0, 0.1) is 0 Å². The molecule has 0 radical (unpaired) electrons. The van der Waals surface area contributed by atoms with Crippen LogP contribution in [-0.4, -0.2) is 30.1 Å². The van der Waals surface area contributed by atoms with Gasteiger partial charge in [-0.2, -0.15) is 5.10 Å². The number of aromatic nitrogens is 3. The second-order valence-electron chi connectivity index (χ2n) is 4.68. The first-order valence-corrected chi connectivity index (χ1v) is 7.97. The molecule has 0 spiro atoms. The van der Waals surface area contributed by atoms with Crippen molar-refractivity contribution >= 4 is 33.6 Å². The summed E-state index contributed by atoms with van der Waals surface area (Å²) in [4.78, 5) is 4.00. The molecule has 6 nitrogen and oxygen atoms in total. The van der Waals surface area contributed by atoms with Crippen LogP contribution in [-0.2, 0) is 21.6 Å². The molecule has 2 aromatic heterocycles. The summed E-state index contributed by atoms with van der Waals surface area (Å²) >= 11 is 3.73. The average Bonchev–Trinajstić information content (AvgIpc) is 2.77. The molecule has 1 fully saturated rings. The monoisotopic (exact) mass is 314 g/mol. The highest BCUT2D eigenvalue weighted by Gasteiger charge is 2.21. The van der Waals surface area contributed by atoms with Gasteiger partial charge in [-0.3, -0.25) is 4.21 Å². The van der Waals surface area contributed by atoms with Crippen LogP contribution in [0.2, 0.25) is 5.15 Å². The fraction of sp³-hybridized carbons (Fsp3) is 0.500. The fourth-order valence-electron chi connectivity index (χ4n) is 2.42. The van der Waals surface area contributed by atoms with E-state index in [1.807, 2.05) is 0 Å². The highest BCUT2D eigenvalue weighted by atomic mass is 35.5. The number of rotatable bonds is 3. The lowest BCUT2D eigenvalue weighted by Crippen LogP contribution is -2.19. The Morgan fingerprint density at radius 3 is 3.10 bits per heavy atom. The van der Waals surface area contributed by atoms with Crippen LogP contribution in [0.15, 0.2) is 12.3 Å². The molecule has 0 bridgehead atoms. The number of halogens is 1. The molecule has 8 heteroatoms. The first-order valence-electron chi connectivity index (χ1n) is 6.35. The summed E-state index contributed by atoms with van der Waals surface area (Å²) in [6, 6.07) is 1.69. The topological polar surface area (TPSA) is 80.1 Å². The molecule has 3 rings (SSSR count). The molecular formula is C12H13ClN3O3S-. The summed E-state index contributed by atoms with van der Waals surface area (Å²) in [6.07, 6.45) is 4.35. The maximum absolute atomic E-state index is 10.9. The summed E-state index contributed by atoms with van der Waals surface area (Å²) in [5, 5.41) is 5.45. The Labute approximate surface area is 123 Å². The molecule has 0 amide bonds. The van der Waals surface area contributed by atoms with Gasteiger partial charge in [-0.25, -0.2) is 9.67 Å². The molecule has 1 aliphatic heterocycles. The molecule has 0 N–H and O–H groups in total. The highest BCUT2D eigenvalue weighted by Crippen LogP contribution is 2.29. The summed E-state index contributed by atoms with van der Waals surface area (Å²) in [5.41, 5.74) is 1.24. The Morgan fingerprint density at radius 2 is 2.40 bits per heavy atom. The van der Waals surface area contributed by atoms with Gasteiger partial charge in [0.25, 0.3) is 0 Å². The first kappa shape index (κ1) is 13.9. The lowest BCUT2D eigenvalue weighted by Gasteiger charge is -2.23. The van der Waals surface area contributed by atoms with Crippen LogP contribution >= 0.6 is 11.6 Å². The zero-order valence-electron chi connectivity index (χ0n) is 10.6. The van der Waals surface area contributed by atoms with E-state index in [0.717, 1.165) is 24.8 Å². The highest BCUT2D eigenvalue weighted by molar-refractivity contribution is 7.78. The van der Waals surface area contributed by atoms with Gasteiger partial charge in [0.2, 0.25) is 0 Å². The number of fused-ring (bicyclic) bond motifs is 1. The van der Waals surface area contributed by atoms with Gasteiger partial charge in [0.05, 0.1) is 17.0 Å². The first-order chi connectivity index (χ1) is 9.65. The van der Waals surface area contributed by atoms with Crippen LogP contribution in [0.3, 0.4) is 0 Å². The largest absolute Gasteiger partial charge is 0.772 e. The van der Waals surface area contributed by atoms with E-state index in [2.05, 4.69) is 10.1 Å². The summed E-state index contributed by atoms with van der Waals surface area (Å²) in [6.45, 7) is 0.688. The summed E-state index contributed by atoms with van der Waals surface area (Å²) in [5.74, 6) is -0.139. The smallest absolute Gasteiger partial charge is 0.150 e. The predicted molar refractivity (Wildman–Crippen MR) is 74.0 cm³/mol. The molecule has 3 heterocycles. The number of hydrogen-bond donors (Lipinski definition) is 0. The Morgan fingerprint density at radius 1 is 1.55 bits per heavy atom. The van der Waals surface area contributed by atoms with Gasteiger partial charge < -0.3 is 9.29 Å². The van der Waals surface area contributed by atoms with E-state index >= 15 is 0 Å². The van der Waals surface area contributed by atoms with Gasteiger partial charge in [0, 0.05) is 24.3 Å². The number of hydrogen-bond acceptors (Lipinski definition) is 5. The van der Waals surface area contributed by atoms with E-state index in [4.69, 9.17) is 16.3 Å². The molecule has 1 saturated heterocycles. The molecule has 2 aromatic rings. The zero-order chi connectivity index (χ0) is 14.1. The molecule has 2 unspecified atom stereocenters. The van der Waals surface area contributed by atoms with Crippen molar-refractivity contribution in [3.63, 3.8) is 0 Å². The molecule has 20 heavy (non-hydrogen) atoms. The zero-order valence-corrected chi connectivity index (χ0v) is 12.2. The summed E-state index contributed by atoms with van der Waals surface area (Å²) < 4.78 is 29.3. The Hall–Kier alpha value is -1.02. The lowest BCUT2D eigenvalue weighted by molar-refractivity contribution is -0.0368. The Bertz CT molecular complexity index is 655. The standard InChI is InChI=1S/C12H14ClN3O3S/c13-11-5-10-8(6-14-11)9(7-20(17)18)15-16(10)12-3-1-2-4-19-12/h5-6,12H,1-4,7H2,(H,17,18)/p-1. The van der Waals surface area contributed by atoms with Gasteiger partial charge in [0.15, 0.2) is 6.23 Å². The van der Waals surface area contributed by atoms with Crippen LogP contribution < -0.4 is 0 Å². The Balaban J connectivity index is 2.09. The van der Waals surface area contributed by atoms with E-state index in [0.29, 0.717) is 22.8 Å². The normalized spacial score (nSPS) is 21.2. The third kappa shape index (κ3) is 2.71. The second kappa shape index (κ2) is 5.77. The van der Waals surface area contributed by atoms with Crippen LogP contribution in [0.4, 0.5) is 0 Å². The van der Waals surface area contributed by atoms with Crippen molar-refractivity contribution < 1.29 is 13.5 Å². The Kier molecular flexibility index (Phi) is 4.02. The van der Waals surface area contributed by atoms with Crippen molar-refractivity contribution in [1.29, 1.82) is 0 Å². The molecule has 0 saturated carbocycles. The van der Waals surface area contributed by atoms with Crippen molar-refractivity contribution in [2.75, 3.05) is 6.61 Å². The minimum Gasteiger partial charge on any atom is -0.772 e. The van der Waals surface area contributed by atoms with E-state index < -0.39 is 11.1 Å². The molecule has 108 valence electrons. The third-order valence-electron chi connectivity index (χ3n) is 3.32. The van der Waals surface area contributed by atoms with Crippen molar-refractivity contribution in [1.82, 2.24) is 14.8 Å². The van der Waals surface area contributed by atoms with Gasteiger partial charge >= 0.3 is 0 Å². The molecule has 0 aromatic carbocycles. The number of nitrogens with zero attached hydrogens (tertiary/aromatic N) is 3. The SMILES string of the molecule is O=S([O-])Cc1nn(C2CCCCO2)c2cc(Cl)ncc12. The van der Waals surface area contributed by atoms with Crippen molar-refractivity contribution in [2.45, 2.75) is 31.2 Å². The maximum Gasteiger partial charge on any atom is 0.150 e. The third-order valence-corrected chi connectivity index (χ3v) is 4.03. The minimum absolute atomic E-state index is 0.139. The molecular weight excluding hydrogens is 302 g/mol. The van der Waals surface area contributed by atoms with Crippen LogP contribution in [0.5, 0.6) is 0 Å². The van der Waals surface area contributed by atoms with Crippen LogP contribution in [0.25, 0.3) is 10.9 Å². The van der Waals surface area contributed by atoms with E-state index in [-0.39, 0.29) is 12.0 Å². The minimum atomic E-state index is -2.20. The van der Waals surface area contributed by atoms with E-state index in [1.54, 1.807) is 16.9 Å². The van der Waals surface area contributed by atoms with Gasteiger partial charge in [-0.15, -0.1) is 0 Å².